The highest BCUT2D eigenvalue weighted by Crippen LogP contribution is 2.42. The molecule has 4 heterocycles. The molecule has 1 aromatic heterocycles. The number of nitrogens with zero attached hydrogens (tertiary/aromatic N) is 5. The van der Waals surface area contributed by atoms with E-state index < -0.39 is 35.2 Å². The predicted octanol–water partition coefficient (Wildman–Crippen LogP) is 9.38. The molecule has 0 saturated carbocycles. The van der Waals surface area contributed by atoms with Crippen molar-refractivity contribution < 1.29 is 52.9 Å². The molecular weight excluding hydrogens is 929 g/mol. The molecule has 3 unspecified atom stereocenters. The molecule has 2 fully saturated rings. The summed E-state index contributed by atoms with van der Waals surface area (Å²) in [5, 5.41) is 26.1. The van der Waals surface area contributed by atoms with Gasteiger partial charge in [0.25, 0.3) is 11.6 Å². The number of likely N-dealkylation sites (tertiary alicyclic amines) is 1. The molecule has 4 amide bonds. The van der Waals surface area contributed by atoms with E-state index in [4.69, 9.17) is 23.7 Å². The summed E-state index contributed by atoms with van der Waals surface area (Å²) < 4.78 is 29.0. The maximum Gasteiger partial charge on any atom is 0.416 e. The summed E-state index contributed by atoms with van der Waals surface area (Å²) in [6, 6.07) is 8.06. The second kappa shape index (κ2) is 27.9. The van der Waals surface area contributed by atoms with Gasteiger partial charge in [0.1, 0.15) is 17.3 Å². The van der Waals surface area contributed by atoms with E-state index in [9.17, 15) is 34.4 Å². The number of aliphatic hydroxyl groups excluding tert-OH is 1. The lowest BCUT2D eigenvalue weighted by molar-refractivity contribution is -0.385. The van der Waals surface area contributed by atoms with Crippen LogP contribution in [0.15, 0.2) is 71.9 Å². The lowest BCUT2D eigenvalue weighted by atomic mass is 10.1. The molecule has 6 rings (SSSR count). The van der Waals surface area contributed by atoms with Crippen LogP contribution in [0.1, 0.15) is 95.0 Å². The number of hydrogen-bond donors (Lipinski definition) is 2. The average Bonchev–Trinajstić information content (AvgIpc) is 3.93. The van der Waals surface area contributed by atoms with E-state index in [-0.39, 0.29) is 54.1 Å². The fourth-order valence-electron chi connectivity index (χ4n) is 7.37. The number of fused-ring (bicyclic) bond motifs is 2. The highest BCUT2D eigenvalue weighted by molar-refractivity contribution is 8.76. The van der Waals surface area contributed by atoms with Gasteiger partial charge in [0.15, 0.2) is 29.2 Å². The minimum Gasteiger partial charge on any atom is -0.493 e. The fraction of sp³-hybridized carbons (Fsp3) is 0.490. The highest BCUT2D eigenvalue weighted by atomic mass is 33.1. The Labute approximate surface area is 412 Å². The second-order valence-corrected chi connectivity index (χ2v) is 18.5. The molecule has 3 atom stereocenters. The molecular formula is C49H66N6O12S2. The third kappa shape index (κ3) is 15.0. The number of amides is 4. The molecule has 0 radical (unpaired) electrons. The lowest BCUT2D eigenvalue weighted by Crippen LogP contribution is -2.51. The van der Waals surface area contributed by atoms with Crippen LogP contribution in [0.2, 0.25) is 0 Å². The minimum absolute atomic E-state index is 0.0177. The predicted molar refractivity (Wildman–Crippen MR) is 269 cm³/mol. The molecule has 69 heavy (non-hydrogen) atoms. The van der Waals surface area contributed by atoms with Gasteiger partial charge in [-0.1, -0.05) is 75.6 Å². The Morgan fingerprint density at radius 2 is 1.58 bits per heavy atom. The SMILES string of the molecule is C=C1CC(C(=O)Nc2cc(OCCCCCOc3cc4c(cc3OC)C(=O)N3CC(=C)CC3C(O)N4C(=O)OCCCSSc3ccc([N+](=O)[O-])cn3)c(OC)cc2C)N(C=O)C1.CC.CCCC. The van der Waals surface area contributed by atoms with Gasteiger partial charge in [0.2, 0.25) is 12.3 Å². The molecule has 2 N–H and O–H groups in total. The average molecular weight is 995 g/mol. The Balaban J connectivity index is 0.00000164. The fourth-order valence-corrected chi connectivity index (χ4v) is 9.29. The summed E-state index contributed by atoms with van der Waals surface area (Å²) in [4.78, 5) is 70.7. The monoisotopic (exact) mass is 994 g/mol. The number of methoxy groups -OCH3 is 2. The van der Waals surface area contributed by atoms with E-state index in [1.165, 1.54) is 82.8 Å². The van der Waals surface area contributed by atoms with Crippen molar-refractivity contribution in [1.82, 2.24) is 14.8 Å². The number of hydrogen-bond acceptors (Lipinski definition) is 15. The van der Waals surface area contributed by atoms with Crippen LogP contribution >= 0.6 is 21.6 Å². The van der Waals surface area contributed by atoms with E-state index in [1.807, 2.05) is 20.8 Å². The Hall–Kier alpha value is -5.99. The van der Waals surface area contributed by atoms with Crippen molar-refractivity contribution >= 4 is 63.0 Å². The number of unbranched alkanes of at least 4 members (excludes halogenated alkanes) is 3. The molecule has 3 aliphatic rings. The van der Waals surface area contributed by atoms with Crippen LogP contribution in [-0.4, -0.2) is 120 Å². The molecule has 376 valence electrons. The molecule has 3 aliphatic heterocycles. The smallest absolute Gasteiger partial charge is 0.416 e. The number of pyridine rings is 1. The van der Waals surface area contributed by atoms with E-state index >= 15 is 0 Å². The molecule has 0 bridgehead atoms. The van der Waals surface area contributed by atoms with Gasteiger partial charge >= 0.3 is 6.09 Å². The normalized spacial score (nSPS) is 17.0. The van der Waals surface area contributed by atoms with Gasteiger partial charge < -0.3 is 43.9 Å². The number of nitrogens with one attached hydrogen (secondary N) is 1. The van der Waals surface area contributed by atoms with Gasteiger partial charge in [-0.25, -0.2) is 14.7 Å². The zero-order valence-electron chi connectivity index (χ0n) is 40.7. The molecule has 0 spiro atoms. The molecule has 3 aromatic rings. The highest BCUT2D eigenvalue weighted by Gasteiger charge is 2.46. The first-order valence-corrected chi connectivity index (χ1v) is 25.4. The number of nitro groups is 1. The van der Waals surface area contributed by atoms with Crippen molar-refractivity contribution in [3.8, 4) is 23.0 Å². The Bertz CT molecular complexity index is 2260. The van der Waals surface area contributed by atoms with E-state index in [1.54, 1.807) is 18.2 Å². The molecule has 18 nitrogen and oxygen atoms in total. The molecule has 20 heteroatoms. The van der Waals surface area contributed by atoms with Crippen LogP contribution in [0.5, 0.6) is 23.0 Å². The van der Waals surface area contributed by atoms with Crippen molar-refractivity contribution in [2.24, 2.45) is 0 Å². The molecule has 2 saturated heterocycles. The summed E-state index contributed by atoms with van der Waals surface area (Å²) >= 11 is 0. The number of carbonyl (C=O) groups is 4. The van der Waals surface area contributed by atoms with E-state index in [2.05, 4.69) is 37.3 Å². The Morgan fingerprint density at radius 1 is 0.928 bits per heavy atom. The third-order valence-electron chi connectivity index (χ3n) is 11.1. The Kier molecular flexibility index (Phi) is 22.5. The quantitative estimate of drug-likeness (QED) is 0.0254. The van der Waals surface area contributed by atoms with Gasteiger partial charge in [0.05, 0.1) is 56.3 Å². The van der Waals surface area contributed by atoms with Crippen molar-refractivity contribution in [3.05, 3.63) is 88.1 Å². The van der Waals surface area contributed by atoms with Crippen LogP contribution in [0.25, 0.3) is 0 Å². The number of rotatable bonds is 21. The van der Waals surface area contributed by atoms with Gasteiger partial charge in [-0.15, -0.1) is 0 Å². The van der Waals surface area contributed by atoms with Crippen molar-refractivity contribution in [3.63, 3.8) is 0 Å². The van der Waals surface area contributed by atoms with E-state index in [0.29, 0.717) is 86.1 Å². The summed E-state index contributed by atoms with van der Waals surface area (Å²) in [5.74, 6) is 1.35. The minimum atomic E-state index is -1.44. The zero-order chi connectivity index (χ0) is 50.6. The summed E-state index contributed by atoms with van der Waals surface area (Å²) in [6.45, 7) is 19.3. The number of aliphatic hydroxyl groups is 1. The number of aromatic nitrogens is 1. The maximum atomic E-state index is 13.9. The Morgan fingerprint density at radius 3 is 2.19 bits per heavy atom. The summed E-state index contributed by atoms with van der Waals surface area (Å²) in [7, 11) is 5.76. The summed E-state index contributed by atoms with van der Waals surface area (Å²) in [6.07, 6.45) is 5.32. The second-order valence-electron chi connectivity index (χ2n) is 16.1. The van der Waals surface area contributed by atoms with Crippen LogP contribution in [0.4, 0.5) is 21.9 Å². The van der Waals surface area contributed by atoms with Crippen LogP contribution in [0, 0.1) is 17.0 Å². The first-order chi connectivity index (χ1) is 33.2. The number of ether oxygens (including phenoxy) is 5. The number of benzene rings is 2. The van der Waals surface area contributed by atoms with Crippen LogP contribution in [0.3, 0.4) is 0 Å². The van der Waals surface area contributed by atoms with Crippen LogP contribution < -0.4 is 29.2 Å². The maximum absolute atomic E-state index is 13.9. The standard InChI is InChI=1S/C43H50N6O12S2.C4H10.C2H6/c1-26-16-33(46(23-26)25-50)40(51)45-31-20-37(35(57-4)18-28(31)3)59-12-7-6-8-13-60-38-21-32-30(19-36(38)58-5)41(52)47-24-27(2)17-34(47)42(53)48(32)43(54)61-14-9-15-62-63-39-11-10-29(22-44-39)49(55)56;1-3-4-2;1-2/h10-11,18-22,25,33-34,42,53H,1-2,6-9,12-17,23-24H2,3-5H3,(H,45,51);3-4H2,1-2H3;1-2H3. The third-order valence-corrected chi connectivity index (χ3v) is 13.5. The first kappa shape index (κ1) is 55.6. The first-order valence-electron chi connectivity index (χ1n) is 23.1. The van der Waals surface area contributed by atoms with Crippen molar-refractivity contribution in [2.75, 3.05) is 63.1 Å². The largest absolute Gasteiger partial charge is 0.493 e. The number of carbonyl (C=O) groups excluding carboxylic acids is 4. The number of aryl methyl sites for hydroxylation is 1. The van der Waals surface area contributed by atoms with Gasteiger partial charge in [-0.05, 0) is 80.0 Å². The van der Waals surface area contributed by atoms with Gasteiger partial charge in [0, 0.05) is 42.7 Å². The van der Waals surface area contributed by atoms with E-state index in [0.717, 1.165) is 21.6 Å². The van der Waals surface area contributed by atoms with Crippen molar-refractivity contribution in [2.45, 2.75) is 109 Å². The molecule has 0 aliphatic carbocycles. The van der Waals surface area contributed by atoms with Crippen molar-refractivity contribution in [1.29, 1.82) is 0 Å². The van der Waals surface area contributed by atoms with Crippen LogP contribution in [-0.2, 0) is 14.3 Å². The summed E-state index contributed by atoms with van der Waals surface area (Å²) in [5.41, 5.74) is 3.01. The number of anilines is 2. The lowest BCUT2D eigenvalue weighted by Gasteiger charge is -2.31. The molecule has 2 aromatic carbocycles. The van der Waals surface area contributed by atoms with Gasteiger partial charge in [-0.2, -0.15) is 0 Å². The topological polar surface area (TPSA) is 212 Å². The van der Waals surface area contributed by atoms with Gasteiger partial charge in [-0.3, -0.25) is 24.5 Å². The zero-order valence-corrected chi connectivity index (χ0v) is 42.3.